The van der Waals surface area contributed by atoms with E-state index in [-0.39, 0.29) is 11.8 Å². The third kappa shape index (κ3) is 7.31. The Labute approximate surface area is 99.0 Å². The molecule has 0 aliphatic heterocycles. The molecular weight excluding hydrogens is 260 g/mol. The van der Waals surface area contributed by atoms with E-state index in [1.54, 1.807) is 13.8 Å². The zero-order valence-corrected chi connectivity index (χ0v) is 10.8. The number of carbonyl (C=O) groups excluding carboxylic acids is 2. The van der Waals surface area contributed by atoms with E-state index in [9.17, 15) is 9.59 Å². The number of ether oxygens (including phenoxy) is 1. The van der Waals surface area contributed by atoms with Crippen molar-refractivity contribution in [1.82, 2.24) is 0 Å². The third-order valence-electron chi connectivity index (χ3n) is 1.86. The molecule has 0 aliphatic rings. The average molecular weight is 277 g/mol. The van der Waals surface area contributed by atoms with E-state index in [1.807, 2.05) is 6.08 Å². The Morgan fingerprint density at radius 3 is 2.60 bits per heavy atom. The molecule has 0 saturated carbocycles. The highest BCUT2D eigenvalue weighted by molar-refractivity contribution is 9.09. The fourth-order valence-corrected chi connectivity index (χ4v) is 1.29. The highest BCUT2D eigenvalue weighted by Gasteiger charge is 2.03. The normalized spacial score (nSPS) is 11.3. The van der Waals surface area contributed by atoms with Crippen molar-refractivity contribution in [1.29, 1.82) is 0 Å². The predicted octanol–water partition coefficient (Wildman–Crippen LogP) is 2.63. The summed E-state index contributed by atoms with van der Waals surface area (Å²) in [5.74, 6) is -0.0819. The first-order valence-corrected chi connectivity index (χ1v) is 6.15. The smallest absolute Gasteiger partial charge is 0.333 e. The van der Waals surface area contributed by atoms with Gasteiger partial charge in [0.15, 0.2) is 0 Å². The largest absolute Gasteiger partial charge is 0.463 e. The maximum absolute atomic E-state index is 11.2. The van der Waals surface area contributed by atoms with Crippen LogP contribution in [0.25, 0.3) is 0 Å². The number of halogens is 1. The summed E-state index contributed by atoms with van der Waals surface area (Å²) in [5, 5.41) is 0.410. The Morgan fingerprint density at radius 2 is 2.07 bits per heavy atom. The van der Waals surface area contributed by atoms with Gasteiger partial charge in [-0.05, 0) is 26.7 Å². The summed E-state index contributed by atoms with van der Waals surface area (Å²) in [5.41, 5.74) is 0.614. The molecule has 15 heavy (non-hydrogen) atoms. The van der Waals surface area contributed by atoms with E-state index in [1.165, 1.54) is 0 Å². The summed E-state index contributed by atoms with van der Waals surface area (Å²) in [6.45, 7) is 3.90. The van der Waals surface area contributed by atoms with E-state index >= 15 is 0 Å². The van der Waals surface area contributed by atoms with Gasteiger partial charge in [0.1, 0.15) is 5.78 Å². The zero-order chi connectivity index (χ0) is 11.7. The van der Waals surface area contributed by atoms with E-state index in [0.717, 1.165) is 12.8 Å². The molecule has 0 spiro atoms. The van der Waals surface area contributed by atoms with Gasteiger partial charge in [-0.25, -0.2) is 4.79 Å². The minimum atomic E-state index is -0.274. The second-order valence-electron chi connectivity index (χ2n) is 3.17. The van der Waals surface area contributed by atoms with Gasteiger partial charge in [-0.1, -0.05) is 22.0 Å². The number of hydrogen-bond donors (Lipinski definition) is 0. The zero-order valence-electron chi connectivity index (χ0n) is 9.22. The number of esters is 1. The fourth-order valence-electron chi connectivity index (χ4n) is 1.01. The molecule has 0 aromatic rings. The maximum Gasteiger partial charge on any atom is 0.333 e. The van der Waals surface area contributed by atoms with Crippen LogP contribution in [0.1, 0.15) is 33.1 Å². The number of unbranched alkanes of at least 4 members (excludes halogenated alkanes) is 1. The van der Waals surface area contributed by atoms with Crippen molar-refractivity contribution >= 4 is 27.7 Å². The number of hydrogen-bond acceptors (Lipinski definition) is 3. The first kappa shape index (κ1) is 14.4. The van der Waals surface area contributed by atoms with Crippen LogP contribution in [-0.2, 0) is 14.3 Å². The second-order valence-corrected chi connectivity index (χ2v) is 3.73. The molecule has 0 rings (SSSR count). The van der Waals surface area contributed by atoms with Crippen LogP contribution < -0.4 is 0 Å². The summed E-state index contributed by atoms with van der Waals surface area (Å²) < 4.78 is 4.82. The number of rotatable bonds is 7. The molecule has 0 aromatic carbocycles. The molecule has 86 valence electrons. The quantitative estimate of drug-likeness (QED) is 0.311. The topological polar surface area (TPSA) is 43.4 Å². The molecule has 0 aliphatic carbocycles. The highest BCUT2D eigenvalue weighted by atomic mass is 79.9. The van der Waals surface area contributed by atoms with Crippen molar-refractivity contribution in [3.8, 4) is 0 Å². The van der Waals surface area contributed by atoms with Crippen LogP contribution in [0.5, 0.6) is 0 Å². The molecule has 0 amide bonds. The van der Waals surface area contributed by atoms with Crippen molar-refractivity contribution in [3.63, 3.8) is 0 Å². The number of alkyl halides is 1. The molecule has 0 fully saturated rings. The second kappa shape index (κ2) is 8.65. The van der Waals surface area contributed by atoms with Gasteiger partial charge in [-0.15, -0.1) is 0 Å². The van der Waals surface area contributed by atoms with Gasteiger partial charge in [-0.2, -0.15) is 0 Å². The van der Waals surface area contributed by atoms with Crippen molar-refractivity contribution < 1.29 is 14.3 Å². The number of allylic oxidation sites excluding steroid dienone is 1. The molecule has 0 atom stereocenters. The summed E-state index contributed by atoms with van der Waals surface area (Å²) in [6.07, 6.45) is 3.89. The molecule has 0 bridgehead atoms. The number of ketones is 1. The first-order chi connectivity index (χ1) is 7.11. The Kier molecular flexibility index (Phi) is 8.28. The Bertz CT molecular complexity index is 246. The van der Waals surface area contributed by atoms with Gasteiger partial charge >= 0.3 is 5.97 Å². The summed E-state index contributed by atoms with van der Waals surface area (Å²) in [7, 11) is 0. The number of Topliss-reactive ketones (excluding diaryl/α,β-unsaturated/α-hetero) is 1. The van der Waals surface area contributed by atoms with Crippen LogP contribution in [0.3, 0.4) is 0 Å². The summed E-state index contributed by atoms with van der Waals surface area (Å²) in [6, 6.07) is 0. The highest BCUT2D eigenvalue weighted by Crippen LogP contribution is 2.04. The molecule has 0 radical (unpaired) electrons. The Morgan fingerprint density at radius 1 is 1.40 bits per heavy atom. The van der Waals surface area contributed by atoms with Gasteiger partial charge in [0.05, 0.1) is 11.9 Å². The van der Waals surface area contributed by atoms with Crippen LogP contribution in [0.4, 0.5) is 0 Å². The lowest BCUT2D eigenvalue weighted by molar-refractivity contribution is -0.138. The molecule has 4 heteroatoms. The number of carbonyl (C=O) groups is 2. The predicted molar refractivity (Wildman–Crippen MR) is 63.0 cm³/mol. The Hall–Kier alpha value is -0.640. The molecule has 3 nitrogen and oxygen atoms in total. The van der Waals surface area contributed by atoms with Gasteiger partial charge in [0.2, 0.25) is 0 Å². The fraction of sp³-hybridized carbons (Fsp3) is 0.636. The van der Waals surface area contributed by atoms with Gasteiger partial charge in [0.25, 0.3) is 0 Å². The SMILES string of the molecule is CCOC(=O)/C(C)=C/CCCC(=O)CBr. The van der Waals surface area contributed by atoms with E-state index < -0.39 is 0 Å². The molecule has 0 aromatic heterocycles. The molecule has 0 unspecified atom stereocenters. The third-order valence-corrected chi connectivity index (χ3v) is 2.48. The van der Waals surface area contributed by atoms with Gasteiger partial charge in [-0.3, -0.25) is 4.79 Å². The van der Waals surface area contributed by atoms with Crippen molar-refractivity contribution in [2.75, 3.05) is 11.9 Å². The molecule has 0 N–H and O–H groups in total. The van der Waals surface area contributed by atoms with Gasteiger partial charge < -0.3 is 4.74 Å². The van der Waals surface area contributed by atoms with Gasteiger partial charge in [0, 0.05) is 12.0 Å². The standard InChI is InChI=1S/C11H17BrO3/c1-3-15-11(14)9(2)6-4-5-7-10(13)8-12/h6H,3-5,7-8H2,1-2H3/b9-6+. The summed E-state index contributed by atoms with van der Waals surface area (Å²) in [4.78, 5) is 22.1. The van der Waals surface area contributed by atoms with E-state index in [0.29, 0.717) is 23.9 Å². The van der Waals surface area contributed by atoms with Crippen molar-refractivity contribution in [2.24, 2.45) is 0 Å². The lowest BCUT2D eigenvalue weighted by atomic mass is 10.1. The lowest BCUT2D eigenvalue weighted by Crippen LogP contribution is -2.05. The van der Waals surface area contributed by atoms with E-state index in [4.69, 9.17) is 4.74 Å². The van der Waals surface area contributed by atoms with Crippen molar-refractivity contribution in [3.05, 3.63) is 11.6 Å². The Balaban J connectivity index is 3.76. The molecule has 0 heterocycles. The minimum Gasteiger partial charge on any atom is -0.463 e. The summed E-state index contributed by atoms with van der Waals surface area (Å²) >= 11 is 3.10. The molecular formula is C11H17BrO3. The van der Waals surface area contributed by atoms with E-state index in [2.05, 4.69) is 15.9 Å². The van der Waals surface area contributed by atoms with Crippen LogP contribution in [-0.4, -0.2) is 23.7 Å². The van der Waals surface area contributed by atoms with Crippen LogP contribution >= 0.6 is 15.9 Å². The average Bonchev–Trinajstić information content (AvgIpc) is 2.23. The van der Waals surface area contributed by atoms with Crippen LogP contribution in [0.2, 0.25) is 0 Å². The maximum atomic E-state index is 11.2. The monoisotopic (exact) mass is 276 g/mol. The molecule has 0 saturated heterocycles. The lowest BCUT2D eigenvalue weighted by Gasteiger charge is -2.01. The van der Waals surface area contributed by atoms with Crippen molar-refractivity contribution in [2.45, 2.75) is 33.1 Å². The first-order valence-electron chi connectivity index (χ1n) is 5.03. The minimum absolute atomic E-state index is 0.192. The van der Waals surface area contributed by atoms with Crippen LogP contribution in [0.15, 0.2) is 11.6 Å². The van der Waals surface area contributed by atoms with Crippen LogP contribution in [0, 0.1) is 0 Å².